The molecule has 0 atom stereocenters. The first-order chi connectivity index (χ1) is 15.5. The van der Waals surface area contributed by atoms with E-state index in [1.165, 1.54) is 0 Å². The normalized spacial score (nSPS) is 16.8. The average molecular weight is 436 g/mol. The molecule has 2 aliphatic heterocycles. The maximum atomic E-state index is 13.0. The van der Waals surface area contributed by atoms with Crippen LogP contribution in [0.25, 0.3) is 0 Å². The number of carbonyl (C=O) groups is 2. The topological polar surface area (TPSA) is 67.9 Å². The first-order valence-corrected chi connectivity index (χ1v) is 11.5. The van der Waals surface area contributed by atoms with Crippen LogP contribution in [0, 0.1) is 0 Å². The van der Waals surface area contributed by atoms with Crippen molar-refractivity contribution in [2.75, 3.05) is 42.6 Å². The van der Waals surface area contributed by atoms with E-state index in [0.29, 0.717) is 24.8 Å². The zero-order valence-electron chi connectivity index (χ0n) is 19.0. The molecule has 0 bridgehead atoms. The minimum Gasteiger partial charge on any atom is -0.351 e. The van der Waals surface area contributed by atoms with Gasteiger partial charge < -0.3 is 20.4 Å². The van der Waals surface area contributed by atoms with Crippen LogP contribution >= 0.6 is 0 Å². The van der Waals surface area contributed by atoms with Crippen molar-refractivity contribution in [3.8, 4) is 0 Å². The molecule has 4 rings (SSSR count). The van der Waals surface area contributed by atoms with Gasteiger partial charge in [-0.25, -0.2) is 4.79 Å². The molecule has 7 heteroatoms. The molecule has 0 unspecified atom stereocenters. The number of para-hydroxylation sites is 2. The second kappa shape index (κ2) is 10.0. The van der Waals surface area contributed by atoms with E-state index in [4.69, 9.17) is 0 Å². The Hall–Kier alpha value is -3.06. The van der Waals surface area contributed by atoms with Crippen molar-refractivity contribution in [2.45, 2.75) is 38.8 Å². The molecule has 0 radical (unpaired) electrons. The zero-order valence-corrected chi connectivity index (χ0v) is 19.0. The number of piperidine rings is 1. The predicted octanol–water partition coefficient (Wildman–Crippen LogP) is 3.28. The highest BCUT2D eigenvalue weighted by Gasteiger charge is 2.32. The van der Waals surface area contributed by atoms with Gasteiger partial charge >= 0.3 is 6.03 Å². The molecule has 1 fully saturated rings. The minimum absolute atomic E-state index is 0.0193. The Morgan fingerprint density at radius 3 is 2.31 bits per heavy atom. The lowest BCUT2D eigenvalue weighted by Crippen LogP contribution is -2.51. The average Bonchev–Trinajstić information content (AvgIpc) is 3.21. The summed E-state index contributed by atoms with van der Waals surface area (Å²) in [6.45, 7) is 8.17. The van der Waals surface area contributed by atoms with E-state index in [1.807, 2.05) is 53.4 Å². The number of rotatable bonds is 6. The molecule has 7 nitrogen and oxygen atoms in total. The lowest BCUT2D eigenvalue weighted by Gasteiger charge is -2.33. The van der Waals surface area contributed by atoms with Crippen LogP contribution in [0.1, 0.15) is 37.0 Å². The van der Waals surface area contributed by atoms with Crippen LogP contribution in [0.15, 0.2) is 54.6 Å². The Bertz CT molecular complexity index is 925. The quantitative estimate of drug-likeness (QED) is 0.731. The molecular formula is C25H33N5O2. The minimum atomic E-state index is -0.0333. The van der Waals surface area contributed by atoms with E-state index in [9.17, 15) is 9.59 Å². The van der Waals surface area contributed by atoms with Gasteiger partial charge in [-0.3, -0.25) is 9.69 Å². The van der Waals surface area contributed by atoms with Gasteiger partial charge in [0.1, 0.15) is 6.67 Å². The van der Waals surface area contributed by atoms with E-state index in [0.717, 1.165) is 43.9 Å². The standard InChI is InChI=1S/C25H33N5O2/c1-19(2)29-18-30(23-11-7-6-10-22(23)29)25(32)27-21-12-15-28(16-13-21)17-14-26-24(31)20-8-4-3-5-9-20/h3-11,19,21H,12-18H2,1-2H3,(H,26,31)(H,27,32). The summed E-state index contributed by atoms with van der Waals surface area (Å²) < 4.78 is 0. The first kappa shape index (κ1) is 22.1. The maximum absolute atomic E-state index is 13.0. The summed E-state index contributed by atoms with van der Waals surface area (Å²) >= 11 is 0. The number of fused-ring (bicyclic) bond motifs is 1. The van der Waals surface area contributed by atoms with Crippen molar-refractivity contribution in [3.05, 3.63) is 60.2 Å². The van der Waals surface area contributed by atoms with Crippen molar-refractivity contribution in [1.29, 1.82) is 0 Å². The molecule has 0 aliphatic carbocycles. The first-order valence-electron chi connectivity index (χ1n) is 11.5. The second-order valence-corrected chi connectivity index (χ2v) is 8.81. The van der Waals surface area contributed by atoms with E-state index in [2.05, 4.69) is 40.3 Å². The molecule has 2 heterocycles. The number of nitrogens with zero attached hydrogens (tertiary/aromatic N) is 3. The summed E-state index contributed by atoms with van der Waals surface area (Å²) in [7, 11) is 0. The molecule has 2 aliphatic rings. The van der Waals surface area contributed by atoms with Gasteiger partial charge in [-0.1, -0.05) is 30.3 Å². The van der Waals surface area contributed by atoms with Gasteiger partial charge in [-0.15, -0.1) is 0 Å². The van der Waals surface area contributed by atoms with Crippen LogP contribution in [0.3, 0.4) is 0 Å². The van der Waals surface area contributed by atoms with E-state index >= 15 is 0 Å². The van der Waals surface area contributed by atoms with Gasteiger partial charge in [0.25, 0.3) is 5.91 Å². The maximum Gasteiger partial charge on any atom is 0.323 e. The van der Waals surface area contributed by atoms with Crippen molar-refractivity contribution in [2.24, 2.45) is 0 Å². The van der Waals surface area contributed by atoms with Crippen molar-refractivity contribution >= 4 is 23.3 Å². The Labute approximate surface area is 190 Å². The summed E-state index contributed by atoms with van der Waals surface area (Å²) in [5.41, 5.74) is 2.78. The number of nitrogens with one attached hydrogen (secondary N) is 2. The van der Waals surface area contributed by atoms with Crippen LogP contribution < -0.4 is 20.4 Å². The highest BCUT2D eigenvalue weighted by molar-refractivity contribution is 5.99. The Morgan fingerprint density at radius 2 is 1.62 bits per heavy atom. The highest BCUT2D eigenvalue weighted by Crippen LogP contribution is 2.36. The number of amides is 3. The highest BCUT2D eigenvalue weighted by atomic mass is 16.2. The molecule has 170 valence electrons. The summed E-state index contributed by atoms with van der Waals surface area (Å²) in [6, 6.07) is 17.9. The molecule has 0 spiro atoms. The summed E-state index contributed by atoms with van der Waals surface area (Å²) in [6.07, 6.45) is 1.84. The van der Waals surface area contributed by atoms with Crippen molar-refractivity contribution in [3.63, 3.8) is 0 Å². The van der Waals surface area contributed by atoms with Gasteiger partial charge in [-0.2, -0.15) is 0 Å². The van der Waals surface area contributed by atoms with Crippen LogP contribution in [0.5, 0.6) is 0 Å². The van der Waals surface area contributed by atoms with Gasteiger partial charge in [0.2, 0.25) is 0 Å². The number of urea groups is 1. The molecule has 32 heavy (non-hydrogen) atoms. The summed E-state index contributed by atoms with van der Waals surface area (Å²) in [5.74, 6) is -0.0333. The third-order valence-corrected chi connectivity index (χ3v) is 6.31. The Balaban J connectivity index is 1.21. The fourth-order valence-corrected chi connectivity index (χ4v) is 4.43. The van der Waals surface area contributed by atoms with Gasteiger partial charge in [-0.05, 0) is 51.0 Å². The molecule has 2 aromatic carbocycles. The SMILES string of the molecule is CC(C)N1CN(C(=O)NC2CCN(CCNC(=O)c3ccccc3)CC2)c2ccccc21. The molecule has 0 aromatic heterocycles. The molecule has 2 N–H and O–H groups in total. The zero-order chi connectivity index (χ0) is 22.5. The number of anilines is 2. The summed E-state index contributed by atoms with van der Waals surface area (Å²) in [4.78, 5) is 31.6. The lowest BCUT2D eigenvalue weighted by molar-refractivity contribution is 0.0945. The number of hydrogen-bond acceptors (Lipinski definition) is 4. The number of hydrogen-bond donors (Lipinski definition) is 2. The predicted molar refractivity (Wildman–Crippen MR) is 128 cm³/mol. The van der Waals surface area contributed by atoms with E-state index in [-0.39, 0.29) is 18.0 Å². The number of carbonyl (C=O) groups excluding carboxylic acids is 2. The smallest absolute Gasteiger partial charge is 0.323 e. The van der Waals surface area contributed by atoms with Gasteiger partial charge in [0, 0.05) is 43.8 Å². The van der Waals surface area contributed by atoms with Gasteiger partial charge in [0.05, 0.1) is 11.4 Å². The molecule has 2 aromatic rings. The molecular weight excluding hydrogens is 402 g/mol. The van der Waals surface area contributed by atoms with E-state index in [1.54, 1.807) is 0 Å². The Kier molecular flexibility index (Phi) is 6.95. The second-order valence-electron chi connectivity index (χ2n) is 8.81. The van der Waals surface area contributed by atoms with Crippen LogP contribution in [0.4, 0.5) is 16.2 Å². The largest absolute Gasteiger partial charge is 0.351 e. The third-order valence-electron chi connectivity index (χ3n) is 6.31. The van der Waals surface area contributed by atoms with Crippen molar-refractivity contribution < 1.29 is 9.59 Å². The van der Waals surface area contributed by atoms with Crippen molar-refractivity contribution in [1.82, 2.24) is 15.5 Å². The molecule has 0 saturated carbocycles. The molecule has 3 amide bonds. The summed E-state index contributed by atoms with van der Waals surface area (Å²) in [5, 5.41) is 6.23. The Morgan fingerprint density at radius 1 is 0.969 bits per heavy atom. The van der Waals surface area contributed by atoms with E-state index < -0.39 is 0 Å². The van der Waals surface area contributed by atoms with Crippen LogP contribution in [-0.2, 0) is 0 Å². The fourth-order valence-electron chi connectivity index (χ4n) is 4.43. The van der Waals surface area contributed by atoms with Gasteiger partial charge in [0.15, 0.2) is 0 Å². The number of benzene rings is 2. The fraction of sp³-hybridized carbons (Fsp3) is 0.440. The number of likely N-dealkylation sites (tertiary alicyclic amines) is 1. The third kappa shape index (κ3) is 5.05. The van der Waals surface area contributed by atoms with Crippen LogP contribution in [-0.4, -0.2) is 61.8 Å². The molecule has 1 saturated heterocycles. The monoisotopic (exact) mass is 435 g/mol. The van der Waals surface area contributed by atoms with Crippen LogP contribution in [0.2, 0.25) is 0 Å². The lowest BCUT2D eigenvalue weighted by atomic mass is 10.1.